The summed E-state index contributed by atoms with van der Waals surface area (Å²) in [5.74, 6) is 4.25. The van der Waals surface area contributed by atoms with E-state index in [9.17, 15) is 10.2 Å². The number of rotatable bonds is 30. The summed E-state index contributed by atoms with van der Waals surface area (Å²) in [4.78, 5) is 0. The van der Waals surface area contributed by atoms with Crippen LogP contribution in [0.2, 0.25) is 0 Å². The van der Waals surface area contributed by atoms with Crippen LogP contribution in [0.3, 0.4) is 0 Å². The lowest BCUT2D eigenvalue weighted by Gasteiger charge is -2.22. The maximum Gasteiger partial charge on any atom is 0.0667 e. The zero-order valence-corrected chi connectivity index (χ0v) is 28.7. The maximum absolute atomic E-state index is 10.3. The van der Waals surface area contributed by atoms with Crippen LogP contribution in [0.5, 0.6) is 0 Å². The molecule has 248 valence electrons. The Morgan fingerprint density at radius 1 is 0.366 bits per heavy atom. The lowest BCUT2D eigenvalue weighted by molar-refractivity contribution is 0.135. The van der Waals surface area contributed by atoms with Gasteiger partial charge in [-0.25, -0.2) is 0 Å². The summed E-state index contributed by atoms with van der Waals surface area (Å²) in [5, 5.41) is 37.8. The smallest absolute Gasteiger partial charge is 0.0667 e. The summed E-state index contributed by atoms with van der Waals surface area (Å²) in [6.45, 7) is 27.3. The number of nitrogens with one attached hydrogen (secondary N) is 5. The lowest BCUT2D eigenvalue weighted by atomic mass is 9.86. The largest absolute Gasteiger partial charge is 0.392 e. The fourth-order valence-corrected chi connectivity index (χ4v) is 6.18. The Morgan fingerprint density at radius 2 is 0.610 bits per heavy atom. The summed E-state index contributed by atoms with van der Waals surface area (Å²) < 4.78 is 0. The van der Waals surface area contributed by atoms with Crippen LogP contribution in [-0.4, -0.2) is 87.9 Å². The molecule has 0 saturated carbocycles. The number of hydrogen-bond acceptors (Lipinski definition) is 7. The first-order valence-corrected chi connectivity index (χ1v) is 17.5. The minimum absolute atomic E-state index is 0.253. The average Bonchev–Trinajstić information content (AvgIpc) is 2.89. The first kappa shape index (κ1) is 40.7. The molecule has 8 atom stereocenters. The molecule has 0 heterocycles. The average molecular weight is 586 g/mol. The third-order valence-corrected chi connectivity index (χ3v) is 8.64. The van der Waals surface area contributed by atoms with Crippen molar-refractivity contribution in [3.63, 3.8) is 0 Å². The second-order valence-corrected chi connectivity index (χ2v) is 13.8. The molecule has 8 unspecified atom stereocenters. The van der Waals surface area contributed by atoms with Crippen LogP contribution in [0.25, 0.3) is 0 Å². The Bertz CT molecular complexity index is 509. The third kappa shape index (κ3) is 27.0. The number of aliphatic hydroxyl groups excluding tert-OH is 2. The molecule has 0 aromatic heterocycles. The van der Waals surface area contributed by atoms with Crippen LogP contribution >= 0.6 is 0 Å². The van der Waals surface area contributed by atoms with Gasteiger partial charge in [0, 0.05) is 65.4 Å². The highest BCUT2D eigenvalue weighted by atomic mass is 16.3. The van der Waals surface area contributed by atoms with Crippen molar-refractivity contribution in [2.45, 2.75) is 119 Å². The molecule has 0 aliphatic heterocycles. The third-order valence-electron chi connectivity index (χ3n) is 8.64. The number of aliphatic hydroxyl groups is 2. The SMILES string of the molecule is CCC(C)CC(C)CC(C)CC(O)CNCCNCCNCCNCCNCC(O)CC(C)CC(C)CC(C)CC. The maximum atomic E-state index is 10.3. The van der Waals surface area contributed by atoms with E-state index in [0.717, 1.165) is 88.9 Å². The van der Waals surface area contributed by atoms with Crippen LogP contribution in [0.1, 0.15) is 107 Å². The fraction of sp³-hybridized carbons (Fsp3) is 1.00. The number of hydrogen-bond donors (Lipinski definition) is 7. The molecule has 41 heavy (non-hydrogen) atoms. The fourth-order valence-electron chi connectivity index (χ4n) is 6.18. The molecule has 0 amide bonds. The van der Waals surface area contributed by atoms with Gasteiger partial charge in [0.25, 0.3) is 0 Å². The van der Waals surface area contributed by atoms with Gasteiger partial charge < -0.3 is 36.8 Å². The molecule has 0 saturated heterocycles. The van der Waals surface area contributed by atoms with E-state index in [-0.39, 0.29) is 12.2 Å². The molecule has 0 aromatic carbocycles. The van der Waals surface area contributed by atoms with Crippen LogP contribution < -0.4 is 26.6 Å². The van der Waals surface area contributed by atoms with Gasteiger partial charge in [0.1, 0.15) is 0 Å². The van der Waals surface area contributed by atoms with Gasteiger partial charge in [0.05, 0.1) is 12.2 Å². The molecule has 0 aromatic rings. The van der Waals surface area contributed by atoms with Crippen LogP contribution in [0.4, 0.5) is 0 Å². The summed E-state index contributed by atoms with van der Waals surface area (Å²) in [6.07, 6.45) is 8.81. The standard InChI is InChI=1S/C34H75N5O2/c1-9-27(3)19-29(5)21-31(7)23-33(40)25-38-17-15-36-13-11-35-12-14-37-16-18-39-26-34(41)24-32(8)22-30(6)20-28(4)10-2/h27-41H,9-26H2,1-8H3. The van der Waals surface area contributed by atoms with E-state index < -0.39 is 0 Å². The van der Waals surface area contributed by atoms with Crippen LogP contribution in [-0.2, 0) is 0 Å². The zero-order valence-electron chi connectivity index (χ0n) is 28.7. The van der Waals surface area contributed by atoms with Crippen molar-refractivity contribution in [1.82, 2.24) is 26.6 Å². The monoisotopic (exact) mass is 586 g/mol. The van der Waals surface area contributed by atoms with E-state index in [1.807, 2.05) is 0 Å². The van der Waals surface area contributed by atoms with Gasteiger partial charge in [-0.1, -0.05) is 68.2 Å². The van der Waals surface area contributed by atoms with Crippen molar-refractivity contribution < 1.29 is 10.2 Å². The predicted octanol–water partition coefficient (Wildman–Crippen LogP) is 4.63. The van der Waals surface area contributed by atoms with Crippen molar-refractivity contribution in [2.75, 3.05) is 65.4 Å². The summed E-state index contributed by atoms with van der Waals surface area (Å²) in [7, 11) is 0. The quantitative estimate of drug-likeness (QED) is 0.0617. The van der Waals surface area contributed by atoms with Crippen molar-refractivity contribution >= 4 is 0 Å². The van der Waals surface area contributed by atoms with E-state index in [0.29, 0.717) is 24.9 Å². The molecule has 7 heteroatoms. The normalized spacial score (nSPS) is 18.0. The van der Waals surface area contributed by atoms with Gasteiger partial charge in [0.2, 0.25) is 0 Å². The molecule has 7 N–H and O–H groups in total. The molecule has 0 spiro atoms. The predicted molar refractivity (Wildman–Crippen MR) is 180 cm³/mol. The molecular formula is C34H75N5O2. The van der Waals surface area contributed by atoms with Gasteiger partial charge in [-0.2, -0.15) is 0 Å². The summed E-state index contributed by atoms with van der Waals surface area (Å²) >= 11 is 0. The molecule has 0 fully saturated rings. The van der Waals surface area contributed by atoms with Crippen molar-refractivity contribution in [3.8, 4) is 0 Å². The van der Waals surface area contributed by atoms with Gasteiger partial charge >= 0.3 is 0 Å². The molecule has 0 bridgehead atoms. The first-order valence-electron chi connectivity index (χ1n) is 17.5. The van der Waals surface area contributed by atoms with E-state index >= 15 is 0 Å². The molecule has 0 aliphatic rings. The Kier molecular flexibility index (Phi) is 27.1. The second kappa shape index (κ2) is 27.3. The summed E-state index contributed by atoms with van der Waals surface area (Å²) in [5.41, 5.74) is 0. The van der Waals surface area contributed by atoms with Crippen LogP contribution in [0.15, 0.2) is 0 Å². The van der Waals surface area contributed by atoms with Gasteiger partial charge in [-0.05, 0) is 74.0 Å². The zero-order chi connectivity index (χ0) is 30.9. The van der Waals surface area contributed by atoms with Crippen molar-refractivity contribution in [1.29, 1.82) is 0 Å². The summed E-state index contributed by atoms with van der Waals surface area (Å²) in [6, 6.07) is 0. The first-order chi connectivity index (χ1) is 19.6. The van der Waals surface area contributed by atoms with Crippen molar-refractivity contribution in [2.24, 2.45) is 35.5 Å². The Morgan fingerprint density at radius 3 is 0.902 bits per heavy atom. The molecule has 0 rings (SSSR count). The Balaban J connectivity index is 3.49. The molecule has 0 aliphatic carbocycles. The minimum Gasteiger partial charge on any atom is -0.392 e. The highest BCUT2D eigenvalue weighted by Gasteiger charge is 2.16. The molecular weight excluding hydrogens is 510 g/mol. The Labute approximate surface area is 256 Å². The van der Waals surface area contributed by atoms with Gasteiger partial charge in [-0.15, -0.1) is 0 Å². The second-order valence-electron chi connectivity index (χ2n) is 13.8. The van der Waals surface area contributed by atoms with E-state index in [1.165, 1.54) is 38.5 Å². The highest BCUT2D eigenvalue weighted by molar-refractivity contribution is 4.70. The van der Waals surface area contributed by atoms with E-state index in [4.69, 9.17) is 0 Å². The minimum atomic E-state index is -0.253. The van der Waals surface area contributed by atoms with Crippen LogP contribution in [0, 0.1) is 35.5 Å². The molecule has 0 radical (unpaired) electrons. The topological polar surface area (TPSA) is 101 Å². The van der Waals surface area contributed by atoms with Gasteiger partial charge in [0.15, 0.2) is 0 Å². The van der Waals surface area contributed by atoms with E-state index in [2.05, 4.69) is 82.0 Å². The highest BCUT2D eigenvalue weighted by Crippen LogP contribution is 2.24. The van der Waals surface area contributed by atoms with Gasteiger partial charge in [-0.3, -0.25) is 0 Å². The Hall–Kier alpha value is -0.280. The van der Waals surface area contributed by atoms with Crippen molar-refractivity contribution in [3.05, 3.63) is 0 Å². The van der Waals surface area contributed by atoms with E-state index in [1.54, 1.807) is 0 Å². The molecule has 7 nitrogen and oxygen atoms in total. The lowest BCUT2D eigenvalue weighted by Crippen LogP contribution is -2.38.